The van der Waals surface area contributed by atoms with Crippen molar-refractivity contribution in [1.82, 2.24) is 4.90 Å². The van der Waals surface area contributed by atoms with Crippen LogP contribution in [0.25, 0.3) is 0 Å². The predicted octanol–water partition coefficient (Wildman–Crippen LogP) is 3.13. The van der Waals surface area contributed by atoms with Gasteiger partial charge in [0.2, 0.25) is 5.91 Å². The number of halogens is 1. The van der Waals surface area contributed by atoms with Crippen molar-refractivity contribution >= 4 is 27.8 Å². The Balaban J connectivity index is 1.63. The molecule has 0 aromatic heterocycles. The number of rotatable bonds is 5. The smallest absolute Gasteiger partial charge is 0.305 e. The maximum atomic E-state index is 13.1. The molecule has 0 aromatic rings. The van der Waals surface area contributed by atoms with E-state index in [-0.39, 0.29) is 15.7 Å². The van der Waals surface area contributed by atoms with Gasteiger partial charge in [0.25, 0.3) is 0 Å². The molecule has 0 aliphatic heterocycles. The molecule has 5 heteroatoms. The number of hydrogen-bond donors (Lipinski definition) is 0. The normalized spacial score (nSPS) is 38.9. The van der Waals surface area contributed by atoms with Gasteiger partial charge in [-0.25, -0.2) is 0 Å². The molecule has 22 heavy (non-hydrogen) atoms. The van der Waals surface area contributed by atoms with Crippen LogP contribution in [0.3, 0.4) is 0 Å². The molecule has 0 heterocycles. The van der Waals surface area contributed by atoms with Gasteiger partial charge in [-0.15, -0.1) is 0 Å². The number of carbonyl (C=O) groups is 2. The molecule has 4 saturated carbocycles. The van der Waals surface area contributed by atoms with Crippen LogP contribution in [0.4, 0.5) is 0 Å². The lowest BCUT2D eigenvalue weighted by Gasteiger charge is -2.60. The van der Waals surface area contributed by atoms with Crippen molar-refractivity contribution in [2.24, 2.45) is 17.3 Å². The zero-order valence-electron chi connectivity index (χ0n) is 13.6. The highest BCUT2D eigenvalue weighted by Gasteiger charge is 2.60. The van der Waals surface area contributed by atoms with Gasteiger partial charge in [-0.1, -0.05) is 15.9 Å². The average Bonchev–Trinajstić information content (AvgIpc) is 2.43. The number of ether oxygens (including phenoxy) is 1. The number of nitrogens with zero attached hydrogens (tertiary/aromatic N) is 1. The molecule has 4 aliphatic rings. The Hall–Kier alpha value is -0.580. The van der Waals surface area contributed by atoms with Gasteiger partial charge in [-0.05, 0) is 56.8 Å². The second kappa shape index (κ2) is 5.81. The first-order valence-electron chi connectivity index (χ1n) is 8.37. The van der Waals surface area contributed by atoms with E-state index >= 15 is 0 Å². The van der Waals surface area contributed by atoms with Gasteiger partial charge in [0.15, 0.2) is 0 Å². The first kappa shape index (κ1) is 16.3. The average molecular weight is 372 g/mol. The molecule has 0 radical (unpaired) electrons. The fourth-order valence-corrected chi connectivity index (χ4v) is 6.92. The van der Waals surface area contributed by atoms with Crippen molar-refractivity contribution in [2.45, 2.75) is 55.7 Å². The Morgan fingerprint density at radius 1 is 1.23 bits per heavy atom. The fourth-order valence-electron chi connectivity index (χ4n) is 5.47. The van der Waals surface area contributed by atoms with Gasteiger partial charge < -0.3 is 9.64 Å². The van der Waals surface area contributed by atoms with E-state index in [1.807, 2.05) is 11.9 Å². The number of alkyl halides is 1. The van der Waals surface area contributed by atoms with Crippen molar-refractivity contribution in [2.75, 3.05) is 20.7 Å². The van der Waals surface area contributed by atoms with E-state index in [0.717, 1.165) is 19.3 Å². The zero-order valence-corrected chi connectivity index (χ0v) is 15.2. The summed E-state index contributed by atoms with van der Waals surface area (Å²) in [6.45, 7) is 0.639. The van der Waals surface area contributed by atoms with Crippen LogP contribution >= 0.6 is 15.9 Å². The van der Waals surface area contributed by atoms with Crippen molar-refractivity contribution in [3.8, 4) is 0 Å². The maximum Gasteiger partial charge on any atom is 0.305 e. The summed E-state index contributed by atoms with van der Waals surface area (Å²) >= 11 is 3.96. The molecule has 2 atom stereocenters. The highest BCUT2D eigenvalue weighted by molar-refractivity contribution is 9.10. The minimum atomic E-state index is -0.199. The molecule has 4 nitrogen and oxygen atoms in total. The number of amides is 1. The van der Waals surface area contributed by atoms with Crippen molar-refractivity contribution in [1.29, 1.82) is 0 Å². The summed E-state index contributed by atoms with van der Waals surface area (Å²) in [7, 11) is 3.29. The molecule has 0 N–H and O–H groups in total. The summed E-state index contributed by atoms with van der Waals surface area (Å²) in [6.07, 6.45) is 7.98. The van der Waals surface area contributed by atoms with E-state index in [0.29, 0.717) is 37.1 Å². The summed E-state index contributed by atoms with van der Waals surface area (Å²) in [5, 5.41) is 0. The van der Waals surface area contributed by atoms with Crippen LogP contribution in [0.2, 0.25) is 0 Å². The number of hydrogen-bond acceptors (Lipinski definition) is 3. The van der Waals surface area contributed by atoms with Crippen LogP contribution < -0.4 is 0 Å². The molecule has 1 amide bonds. The van der Waals surface area contributed by atoms with Gasteiger partial charge in [-0.2, -0.15) is 0 Å². The maximum absolute atomic E-state index is 13.1. The molecule has 0 aromatic carbocycles. The summed E-state index contributed by atoms with van der Waals surface area (Å²) in [5.74, 6) is 1.53. The van der Waals surface area contributed by atoms with Gasteiger partial charge in [-0.3, -0.25) is 9.59 Å². The van der Waals surface area contributed by atoms with E-state index in [4.69, 9.17) is 0 Å². The molecule has 0 saturated heterocycles. The van der Waals surface area contributed by atoms with Gasteiger partial charge in [0.1, 0.15) is 0 Å². The van der Waals surface area contributed by atoms with E-state index in [9.17, 15) is 9.59 Å². The van der Waals surface area contributed by atoms with Gasteiger partial charge >= 0.3 is 5.97 Å². The molecular formula is C17H26BrNO3. The monoisotopic (exact) mass is 371 g/mol. The Kier molecular flexibility index (Phi) is 4.30. The zero-order chi connectivity index (χ0) is 16.0. The third kappa shape index (κ3) is 2.93. The largest absolute Gasteiger partial charge is 0.469 e. The predicted molar refractivity (Wildman–Crippen MR) is 87.7 cm³/mol. The van der Waals surface area contributed by atoms with Crippen molar-refractivity contribution < 1.29 is 14.3 Å². The van der Waals surface area contributed by atoms with Gasteiger partial charge in [0.05, 0.1) is 12.5 Å². The lowest BCUT2D eigenvalue weighted by atomic mass is 9.49. The second-order valence-corrected chi connectivity index (χ2v) is 9.48. The third-order valence-electron chi connectivity index (χ3n) is 5.89. The fraction of sp³-hybridized carbons (Fsp3) is 0.882. The second-order valence-electron chi connectivity index (χ2n) is 7.80. The SMILES string of the molecule is COC(=O)CCCN(C)C(=O)C12CC3CC(CC(Br)(C3)C1)C2. The standard InChI is InChI=1S/C17H26BrNO3/c1-19(5-3-4-14(20)22-2)15(21)16-7-12-6-13(8-16)10-17(18,9-12)11-16/h12-13H,3-11H2,1-2H3. The van der Waals surface area contributed by atoms with Crippen molar-refractivity contribution in [3.05, 3.63) is 0 Å². The van der Waals surface area contributed by atoms with Gasteiger partial charge in [0, 0.05) is 24.3 Å². The molecule has 4 bridgehead atoms. The topological polar surface area (TPSA) is 46.6 Å². The van der Waals surface area contributed by atoms with E-state index < -0.39 is 0 Å². The summed E-state index contributed by atoms with van der Waals surface area (Å²) < 4.78 is 4.87. The van der Waals surface area contributed by atoms with Crippen LogP contribution in [-0.4, -0.2) is 41.8 Å². The minimum absolute atomic E-state index is 0.145. The van der Waals surface area contributed by atoms with Crippen LogP contribution in [0.1, 0.15) is 51.4 Å². The summed E-state index contributed by atoms with van der Waals surface area (Å²) in [4.78, 5) is 26.1. The van der Waals surface area contributed by atoms with Crippen LogP contribution in [0, 0.1) is 17.3 Å². The summed E-state index contributed by atoms with van der Waals surface area (Å²) in [6, 6.07) is 0. The number of carbonyl (C=O) groups excluding carboxylic acids is 2. The van der Waals surface area contributed by atoms with Crippen LogP contribution in [0.15, 0.2) is 0 Å². The molecular weight excluding hydrogens is 346 g/mol. The Morgan fingerprint density at radius 2 is 1.86 bits per heavy atom. The highest BCUT2D eigenvalue weighted by Crippen LogP contribution is 2.64. The minimum Gasteiger partial charge on any atom is -0.469 e. The summed E-state index contributed by atoms with van der Waals surface area (Å²) in [5.41, 5.74) is -0.145. The number of methoxy groups -OCH3 is 1. The molecule has 0 spiro atoms. The van der Waals surface area contributed by atoms with E-state index in [2.05, 4.69) is 20.7 Å². The van der Waals surface area contributed by atoms with Crippen LogP contribution in [0.5, 0.6) is 0 Å². The third-order valence-corrected chi connectivity index (χ3v) is 6.82. The Labute approximate surface area is 141 Å². The lowest BCUT2D eigenvalue weighted by molar-refractivity contribution is -0.154. The first-order chi connectivity index (χ1) is 10.4. The molecule has 124 valence electrons. The van der Waals surface area contributed by atoms with E-state index in [1.54, 1.807) is 0 Å². The highest BCUT2D eigenvalue weighted by atomic mass is 79.9. The number of esters is 1. The molecule has 4 fully saturated rings. The quantitative estimate of drug-likeness (QED) is 0.550. The first-order valence-corrected chi connectivity index (χ1v) is 9.16. The van der Waals surface area contributed by atoms with Crippen molar-refractivity contribution in [3.63, 3.8) is 0 Å². The lowest BCUT2D eigenvalue weighted by Crippen LogP contribution is -2.58. The Morgan fingerprint density at radius 3 is 2.41 bits per heavy atom. The van der Waals surface area contributed by atoms with E-state index in [1.165, 1.54) is 26.4 Å². The molecule has 2 unspecified atom stereocenters. The molecule has 4 rings (SSSR count). The van der Waals surface area contributed by atoms with Crippen LogP contribution in [-0.2, 0) is 14.3 Å². The Bertz CT molecular complexity index is 465. The molecule has 4 aliphatic carbocycles.